The van der Waals surface area contributed by atoms with Crippen LogP contribution in [-0.2, 0) is 5.41 Å². The smallest absolute Gasteiger partial charge is 0.0159 e. The van der Waals surface area contributed by atoms with Crippen LogP contribution >= 0.6 is 0 Å². The van der Waals surface area contributed by atoms with Crippen LogP contribution in [0.5, 0.6) is 0 Å². The van der Waals surface area contributed by atoms with E-state index in [0.717, 1.165) is 0 Å². The van der Waals surface area contributed by atoms with Gasteiger partial charge in [0.25, 0.3) is 0 Å². The molecule has 0 heteroatoms. The highest BCUT2D eigenvalue weighted by Gasteiger charge is 2.35. The minimum absolute atomic E-state index is 0.0813. The molecule has 1 aliphatic rings. The van der Waals surface area contributed by atoms with Crippen LogP contribution in [-0.4, -0.2) is 0 Å². The van der Waals surface area contributed by atoms with Crippen molar-refractivity contribution >= 4 is 32.3 Å². The number of fused-ring (bicyclic) bond motifs is 6. The largest absolute Gasteiger partial charge is 0.0622 e. The Kier molecular flexibility index (Phi) is 6.63. The van der Waals surface area contributed by atoms with Gasteiger partial charge < -0.3 is 0 Å². The summed E-state index contributed by atoms with van der Waals surface area (Å²) in [6.45, 7) is 4.75. The Morgan fingerprint density at radius 3 is 1.63 bits per heavy atom. The summed E-state index contributed by atoms with van der Waals surface area (Å²) in [5, 5.41) is 7.62. The van der Waals surface area contributed by atoms with E-state index in [1.54, 1.807) is 0 Å². The average Bonchev–Trinajstić information content (AvgIpc) is 3.42. The highest BCUT2D eigenvalue weighted by molar-refractivity contribution is 6.22. The number of hydrogen-bond donors (Lipinski definition) is 0. The minimum Gasteiger partial charge on any atom is -0.0622 e. The lowest BCUT2D eigenvalue weighted by Crippen LogP contribution is -2.14. The van der Waals surface area contributed by atoms with Crippen LogP contribution in [0.25, 0.3) is 88.0 Å². The molecule has 51 heavy (non-hydrogen) atoms. The molecule has 0 bridgehead atoms. The molecule has 0 heterocycles. The lowest BCUT2D eigenvalue weighted by atomic mass is 9.80. The van der Waals surface area contributed by atoms with Gasteiger partial charge in [-0.05, 0) is 111 Å². The van der Waals surface area contributed by atoms with Crippen molar-refractivity contribution in [2.24, 2.45) is 0 Å². The van der Waals surface area contributed by atoms with E-state index in [0.29, 0.717) is 0 Å². The highest BCUT2D eigenvalue weighted by Crippen LogP contribution is 2.51. The standard InChI is InChI=1S/C51H36/c1-51(2)47-22-11-10-18-41(47)42-29-28-38(32-48(42)51)50-44-20-9-8-19-43(44)49(36-25-23-34(24-26-36)33-13-4-3-5-14-33)45-30-27-37(31-46(45)50)40-21-12-16-35-15-6-7-17-39(35)40/h3-32H,1-2H3. The third-order valence-corrected chi connectivity index (χ3v) is 11.3. The molecule has 0 spiro atoms. The van der Waals surface area contributed by atoms with Crippen molar-refractivity contribution in [3.63, 3.8) is 0 Å². The Balaban J connectivity index is 1.27. The zero-order valence-electron chi connectivity index (χ0n) is 28.8. The molecule has 0 saturated heterocycles. The molecular weight excluding hydrogens is 613 g/mol. The van der Waals surface area contributed by atoms with Gasteiger partial charge in [-0.3, -0.25) is 0 Å². The second-order valence-electron chi connectivity index (χ2n) is 14.5. The summed E-state index contributed by atoms with van der Waals surface area (Å²) in [5.41, 5.74) is 15.4. The van der Waals surface area contributed by atoms with E-state index in [2.05, 4.69) is 196 Å². The quantitative estimate of drug-likeness (QED) is 0.167. The molecule has 0 N–H and O–H groups in total. The summed E-state index contributed by atoms with van der Waals surface area (Å²) in [6.07, 6.45) is 0. The van der Waals surface area contributed by atoms with E-state index in [9.17, 15) is 0 Å². The van der Waals surface area contributed by atoms with E-state index in [1.807, 2.05) is 0 Å². The van der Waals surface area contributed by atoms with Gasteiger partial charge in [0, 0.05) is 5.41 Å². The minimum atomic E-state index is -0.0813. The lowest BCUT2D eigenvalue weighted by molar-refractivity contribution is 0.660. The lowest BCUT2D eigenvalue weighted by Gasteiger charge is -2.23. The summed E-state index contributed by atoms with van der Waals surface area (Å²) in [6, 6.07) is 67.5. The average molecular weight is 649 g/mol. The maximum atomic E-state index is 2.48. The van der Waals surface area contributed by atoms with Crippen molar-refractivity contribution in [3.05, 3.63) is 193 Å². The van der Waals surface area contributed by atoms with Gasteiger partial charge in [0.15, 0.2) is 0 Å². The van der Waals surface area contributed by atoms with E-state index >= 15 is 0 Å². The van der Waals surface area contributed by atoms with Gasteiger partial charge in [-0.2, -0.15) is 0 Å². The van der Waals surface area contributed by atoms with E-state index in [4.69, 9.17) is 0 Å². The van der Waals surface area contributed by atoms with Gasteiger partial charge in [0.2, 0.25) is 0 Å². The summed E-state index contributed by atoms with van der Waals surface area (Å²) in [4.78, 5) is 0. The fraction of sp³-hybridized carbons (Fsp3) is 0.0588. The number of benzene rings is 9. The molecule has 0 aromatic heterocycles. The normalized spacial score (nSPS) is 13.1. The third kappa shape index (κ3) is 4.60. The molecule has 0 nitrogen and oxygen atoms in total. The highest BCUT2D eigenvalue weighted by atomic mass is 14.4. The summed E-state index contributed by atoms with van der Waals surface area (Å²) in [5.74, 6) is 0. The molecule has 0 atom stereocenters. The van der Waals surface area contributed by atoms with Crippen molar-refractivity contribution in [1.29, 1.82) is 0 Å². The Labute approximate surface area is 299 Å². The molecule has 0 amide bonds. The summed E-state index contributed by atoms with van der Waals surface area (Å²) < 4.78 is 0. The molecule has 9 aromatic carbocycles. The van der Waals surface area contributed by atoms with Crippen molar-refractivity contribution in [2.45, 2.75) is 19.3 Å². The van der Waals surface area contributed by atoms with Gasteiger partial charge in [-0.25, -0.2) is 0 Å². The monoisotopic (exact) mass is 648 g/mol. The van der Waals surface area contributed by atoms with Gasteiger partial charge in [-0.1, -0.05) is 184 Å². The zero-order chi connectivity index (χ0) is 34.1. The molecule has 0 aliphatic heterocycles. The second kappa shape index (κ2) is 11.4. The SMILES string of the molecule is CC1(C)c2ccccc2-c2ccc(-c3c4ccccc4c(-c4ccc(-c5ccccc5)cc4)c4ccc(-c5cccc6ccccc56)cc34)cc21. The molecule has 0 unspecified atom stereocenters. The Morgan fingerprint density at radius 2 is 0.824 bits per heavy atom. The topological polar surface area (TPSA) is 0 Å². The third-order valence-electron chi connectivity index (χ3n) is 11.3. The molecule has 10 rings (SSSR count). The molecule has 240 valence electrons. The maximum absolute atomic E-state index is 2.48. The Morgan fingerprint density at radius 1 is 0.294 bits per heavy atom. The number of hydrogen-bond acceptors (Lipinski definition) is 0. The van der Waals surface area contributed by atoms with Crippen LogP contribution in [0.4, 0.5) is 0 Å². The molecule has 0 radical (unpaired) electrons. The first-order chi connectivity index (χ1) is 25.1. The summed E-state index contributed by atoms with van der Waals surface area (Å²) >= 11 is 0. The Bertz CT molecular complexity index is 2790. The van der Waals surface area contributed by atoms with Crippen molar-refractivity contribution in [2.75, 3.05) is 0 Å². The maximum Gasteiger partial charge on any atom is 0.0159 e. The Hall–Kier alpha value is -6.24. The molecule has 0 saturated carbocycles. The first kappa shape index (κ1) is 29.7. The van der Waals surface area contributed by atoms with Gasteiger partial charge in [0.1, 0.15) is 0 Å². The van der Waals surface area contributed by atoms with Crippen molar-refractivity contribution < 1.29 is 0 Å². The van der Waals surface area contributed by atoms with Crippen molar-refractivity contribution in [1.82, 2.24) is 0 Å². The molecule has 1 aliphatic carbocycles. The fourth-order valence-corrected chi connectivity index (χ4v) is 8.76. The first-order valence-corrected chi connectivity index (χ1v) is 17.9. The van der Waals surface area contributed by atoms with E-state index in [-0.39, 0.29) is 5.41 Å². The molecular formula is C51H36. The van der Waals surface area contributed by atoms with Gasteiger partial charge >= 0.3 is 0 Å². The van der Waals surface area contributed by atoms with Crippen LogP contribution in [0, 0.1) is 0 Å². The molecule has 0 fully saturated rings. The predicted octanol–water partition coefficient (Wildman–Crippen LogP) is 14.1. The van der Waals surface area contributed by atoms with Crippen LogP contribution < -0.4 is 0 Å². The van der Waals surface area contributed by atoms with Crippen LogP contribution in [0.15, 0.2) is 182 Å². The van der Waals surface area contributed by atoms with Crippen LogP contribution in [0.1, 0.15) is 25.0 Å². The molecule has 9 aromatic rings. The second-order valence-corrected chi connectivity index (χ2v) is 14.5. The summed E-state index contributed by atoms with van der Waals surface area (Å²) in [7, 11) is 0. The predicted molar refractivity (Wildman–Crippen MR) is 218 cm³/mol. The van der Waals surface area contributed by atoms with E-state index in [1.165, 1.54) is 99.1 Å². The fourth-order valence-electron chi connectivity index (χ4n) is 8.76. The van der Waals surface area contributed by atoms with Gasteiger partial charge in [-0.15, -0.1) is 0 Å². The van der Waals surface area contributed by atoms with Gasteiger partial charge in [0.05, 0.1) is 0 Å². The van der Waals surface area contributed by atoms with E-state index < -0.39 is 0 Å². The first-order valence-electron chi connectivity index (χ1n) is 17.9. The van der Waals surface area contributed by atoms with Crippen LogP contribution in [0.2, 0.25) is 0 Å². The van der Waals surface area contributed by atoms with Crippen LogP contribution in [0.3, 0.4) is 0 Å². The zero-order valence-corrected chi connectivity index (χ0v) is 28.8. The van der Waals surface area contributed by atoms with Crippen molar-refractivity contribution in [3.8, 4) is 55.6 Å². The number of rotatable bonds is 4.